The van der Waals surface area contributed by atoms with E-state index in [9.17, 15) is 0 Å². The summed E-state index contributed by atoms with van der Waals surface area (Å²) in [6.45, 7) is 0. The smallest absolute Gasteiger partial charge is 0.0412 e. The highest BCUT2D eigenvalue weighted by molar-refractivity contribution is 9.10. The summed E-state index contributed by atoms with van der Waals surface area (Å²) in [5, 5.41) is 3.16. The molecule has 1 aromatic rings. The van der Waals surface area contributed by atoms with Crippen molar-refractivity contribution in [2.75, 3.05) is 5.33 Å². The van der Waals surface area contributed by atoms with E-state index in [0.717, 1.165) is 11.2 Å². The molecule has 0 amide bonds. The molecule has 0 aliphatic heterocycles. The summed E-state index contributed by atoms with van der Waals surface area (Å²) in [6, 6.07) is 2.13. The third-order valence-electron chi connectivity index (χ3n) is 3.25. The van der Waals surface area contributed by atoms with Crippen LogP contribution < -0.4 is 0 Å². The number of halogens is 2. The summed E-state index contributed by atoms with van der Waals surface area (Å²) in [7, 11) is 0. The third kappa shape index (κ3) is 3.21. The Morgan fingerprint density at radius 1 is 1.38 bits per heavy atom. The molecule has 1 aliphatic carbocycles. The standard InChI is InChI=1S/C13H16Br2S/c14-9-11(10-4-2-1-3-5-10)8-13-12(15)6-7-16-13/h6-8,10H,1-5,9H2/b11-8-. The predicted octanol–water partition coefficient (Wildman–Crippen LogP) is 5.87. The molecule has 0 radical (unpaired) electrons. The minimum absolute atomic E-state index is 0.808. The molecule has 0 unspecified atom stereocenters. The van der Waals surface area contributed by atoms with Crippen LogP contribution in [-0.2, 0) is 0 Å². The fourth-order valence-electron chi connectivity index (χ4n) is 2.32. The molecular formula is C13H16Br2S. The Morgan fingerprint density at radius 3 is 2.69 bits per heavy atom. The average Bonchev–Trinajstić information content (AvgIpc) is 2.73. The van der Waals surface area contributed by atoms with Gasteiger partial charge in [0.25, 0.3) is 0 Å². The van der Waals surface area contributed by atoms with Crippen molar-refractivity contribution >= 4 is 49.3 Å². The molecule has 1 heterocycles. The summed E-state index contributed by atoms with van der Waals surface area (Å²) in [6.07, 6.45) is 9.36. The van der Waals surface area contributed by atoms with E-state index in [4.69, 9.17) is 0 Å². The lowest BCUT2D eigenvalue weighted by atomic mass is 9.84. The van der Waals surface area contributed by atoms with Gasteiger partial charge >= 0.3 is 0 Å². The highest BCUT2D eigenvalue weighted by Gasteiger charge is 2.17. The first-order valence-electron chi connectivity index (χ1n) is 5.80. The van der Waals surface area contributed by atoms with E-state index in [1.165, 1.54) is 41.5 Å². The molecule has 1 aromatic heterocycles. The number of hydrogen-bond acceptors (Lipinski definition) is 1. The number of rotatable bonds is 3. The number of hydrogen-bond donors (Lipinski definition) is 0. The molecule has 1 fully saturated rings. The van der Waals surface area contributed by atoms with Crippen molar-refractivity contribution in [2.45, 2.75) is 32.1 Å². The highest BCUT2D eigenvalue weighted by atomic mass is 79.9. The summed E-state index contributed by atoms with van der Waals surface area (Å²) < 4.78 is 1.23. The van der Waals surface area contributed by atoms with Crippen LogP contribution in [0.4, 0.5) is 0 Å². The van der Waals surface area contributed by atoms with Gasteiger partial charge in [0.2, 0.25) is 0 Å². The van der Waals surface area contributed by atoms with E-state index in [-0.39, 0.29) is 0 Å². The SMILES string of the molecule is BrC/C(=C/c1sccc1Br)C1CCCCC1. The monoisotopic (exact) mass is 362 g/mol. The quantitative estimate of drug-likeness (QED) is 0.589. The van der Waals surface area contributed by atoms with Crippen LogP contribution in [0.25, 0.3) is 6.08 Å². The van der Waals surface area contributed by atoms with Crippen molar-refractivity contribution in [3.8, 4) is 0 Å². The largest absolute Gasteiger partial charge is 0.143 e. The molecule has 0 nitrogen and oxygen atoms in total. The first-order chi connectivity index (χ1) is 7.81. The maximum Gasteiger partial charge on any atom is 0.0412 e. The molecule has 3 heteroatoms. The first-order valence-corrected chi connectivity index (χ1v) is 8.60. The average molecular weight is 364 g/mol. The summed E-state index contributed by atoms with van der Waals surface area (Å²) in [4.78, 5) is 1.36. The lowest BCUT2D eigenvalue weighted by Gasteiger charge is -2.23. The normalized spacial score (nSPS) is 19.0. The second-order valence-corrected chi connectivity index (χ2v) is 6.68. The lowest BCUT2D eigenvalue weighted by Crippen LogP contribution is -2.09. The molecule has 1 aliphatic rings. The van der Waals surface area contributed by atoms with Crippen LogP contribution in [0.3, 0.4) is 0 Å². The fraction of sp³-hybridized carbons (Fsp3) is 0.538. The van der Waals surface area contributed by atoms with Crippen LogP contribution in [0, 0.1) is 5.92 Å². The fourth-order valence-corrected chi connectivity index (χ4v) is 4.39. The van der Waals surface area contributed by atoms with Gasteiger partial charge in [0.15, 0.2) is 0 Å². The molecule has 0 N–H and O–H groups in total. The van der Waals surface area contributed by atoms with E-state index in [2.05, 4.69) is 49.4 Å². The van der Waals surface area contributed by atoms with Crippen molar-refractivity contribution in [1.29, 1.82) is 0 Å². The van der Waals surface area contributed by atoms with Gasteiger partial charge in [-0.05, 0) is 52.2 Å². The Kier molecular flexibility index (Phi) is 5.11. The van der Waals surface area contributed by atoms with E-state index in [0.29, 0.717) is 0 Å². The first kappa shape index (κ1) is 12.8. The zero-order chi connectivity index (χ0) is 11.4. The maximum absolute atomic E-state index is 3.64. The van der Waals surface area contributed by atoms with Gasteiger partial charge in [-0.1, -0.05) is 40.8 Å². The molecule has 1 saturated carbocycles. The number of thiophene rings is 1. The Bertz CT molecular complexity index is 362. The van der Waals surface area contributed by atoms with Crippen LogP contribution in [0.1, 0.15) is 37.0 Å². The van der Waals surface area contributed by atoms with Crippen molar-refractivity contribution in [2.24, 2.45) is 5.92 Å². The minimum atomic E-state index is 0.808. The van der Waals surface area contributed by atoms with Gasteiger partial charge in [-0.25, -0.2) is 0 Å². The Balaban J connectivity index is 2.14. The van der Waals surface area contributed by atoms with Gasteiger partial charge in [0.05, 0.1) is 0 Å². The van der Waals surface area contributed by atoms with Gasteiger partial charge in [0, 0.05) is 14.7 Å². The van der Waals surface area contributed by atoms with Crippen molar-refractivity contribution in [1.82, 2.24) is 0 Å². The summed E-state index contributed by atoms with van der Waals surface area (Å²) >= 11 is 9.05. The zero-order valence-electron chi connectivity index (χ0n) is 9.22. The minimum Gasteiger partial charge on any atom is -0.143 e. The van der Waals surface area contributed by atoms with Gasteiger partial charge in [-0.15, -0.1) is 11.3 Å². The highest BCUT2D eigenvalue weighted by Crippen LogP contribution is 2.34. The molecule has 88 valence electrons. The van der Waals surface area contributed by atoms with Crippen LogP contribution in [0.15, 0.2) is 21.5 Å². The Hall–Kier alpha value is 0.400. The van der Waals surface area contributed by atoms with Gasteiger partial charge in [-0.2, -0.15) is 0 Å². The topological polar surface area (TPSA) is 0 Å². The van der Waals surface area contributed by atoms with E-state index >= 15 is 0 Å². The molecule has 0 atom stereocenters. The number of allylic oxidation sites excluding steroid dienone is 1. The molecule has 0 aromatic carbocycles. The number of alkyl halides is 1. The van der Waals surface area contributed by atoms with Crippen LogP contribution >= 0.6 is 43.2 Å². The van der Waals surface area contributed by atoms with Crippen molar-refractivity contribution in [3.05, 3.63) is 26.4 Å². The molecule has 0 spiro atoms. The molecule has 0 saturated heterocycles. The van der Waals surface area contributed by atoms with Crippen molar-refractivity contribution in [3.63, 3.8) is 0 Å². The molecule has 0 bridgehead atoms. The van der Waals surface area contributed by atoms with Crippen LogP contribution in [0.5, 0.6) is 0 Å². The summed E-state index contributed by atoms with van der Waals surface area (Å²) in [5.74, 6) is 0.808. The van der Waals surface area contributed by atoms with E-state index in [1.54, 1.807) is 5.57 Å². The second-order valence-electron chi connectivity index (χ2n) is 4.32. The van der Waals surface area contributed by atoms with E-state index < -0.39 is 0 Å². The molecular weight excluding hydrogens is 348 g/mol. The summed E-state index contributed by atoms with van der Waals surface area (Å²) in [5.41, 5.74) is 1.57. The zero-order valence-corrected chi connectivity index (χ0v) is 13.2. The van der Waals surface area contributed by atoms with Crippen LogP contribution in [-0.4, -0.2) is 5.33 Å². The van der Waals surface area contributed by atoms with Crippen molar-refractivity contribution < 1.29 is 0 Å². The van der Waals surface area contributed by atoms with Gasteiger partial charge in [0.1, 0.15) is 0 Å². The Morgan fingerprint density at radius 2 is 2.12 bits per heavy atom. The molecule has 2 rings (SSSR count). The third-order valence-corrected chi connectivity index (χ3v) is 5.71. The van der Waals surface area contributed by atoms with Gasteiger partial charge in [-0.3, -0.25) is 0 Å². The molecule has 16 heavy (non-hydrogen) atoms. The van der Waals surface area contributed by atoms with Crippen LogP contribution in [0.2, 0.25) is 0 Å². The lowest BCUT2D eigenvalue weighted by molar-refractivity contribution is 0.405. The maximum atomic E-state index is 3.64. The predicted molar refractivity (Wildman–Crippen MR) is 80.4 cm³/mol. The Labute approximate surface area is 118 Å². The van der Waals surface area contributed by atoms with E-state index in [1.807, 2.05) is 11.3 Å². The second kappa shape index (κ2) is 6.36. The van der Waals surface area contributed by atoms with Gasteiger partial charge < -0.3 is 0 Å².